The Morgan fingerprint density at radius 3 is 2.38 bits per heavy atom. The number of anilines is 1. The molecule has 0 unspecified atom stereocenters. The fourth-order valence-electron chi connectivity index (χ4n) is 1.15. The highest BCUT2D eigenvalue weighted by atomic mass is 15.0. The van der Waals surface area contributed by atoms with Gasteiger partial charge in [0.2, 0.25) is 0 Å². The molecule has 0 saturated heterocycles. The Morgan fingerprint density at radius 2 is 1.85 bits per heavy atom. The third-order valence-corrected chi connectivity index (χ3v) is 1.80. The molecule has 1 aromatic heterocycles. The van der Waals surface area contributed by atoms with Crippen molar-refractivity contribution in [1.82, 2.24) is 4.98 Å². The SMILES string of the molecule is CC(C)Nc1cccc(C(C)C)n1. The van der Waals surface area contributed by atoms with Crippen molar-refractivity contribution in [3.05, 3.63) is 23.9 Å². The van der Waals surface area contributed by atoms with Crippen LogP contribution in [0.25, 0.3) is 0 Å². The van der Waals surface area contributed by atoms with Crippen molar-refractivity contribution in [3.63, 3.8) is 0 Å². The van der Waals surface area contributed by atoms with Crippen molar-refractivity contribution in [2.24, 2.45) is 0 Å². The van der Waals surface area contributed by atoms with Gasteiger partial charge in [-0.2, -0.15) is 0 Å². The molecule has 0 aromatic carbocycles. The van der Waals surface area contributed by atoms with Gasteiger partial charge in [-0.1, -0.05) is 19.9 Å². The zero-order valence-electron chi connectivity index (χ0n) is 8.83. The van der Waals surface area contributed by atoms with Gasteiger partial charge in [-0.15, -0.1) is 0 Å². The average Bonchev–Trinajstić information content (AvgIpc) is 2.03. The second-order valence-corrected chi connectivity index (χ2v) is 3.90. The van der Waals surface area contributed by atoms with E-state index in [9.17, 15) is 0 Å². The van der Waals surface area contributed by atoms with Crippen molar-refractivity contribution in [2.45, 2.75) is 39.7 Å². The summed E-state index contributed by atoms with van der Waals surface area (Å²) in [7, 11) is 0. The van der Waals surface area contributed by atoms with E-state index in [1.54, 1.807) is 0 Å². The lowest BCUT2D eigenvalue weighted by atomic mass is 10.1. The summed E-state index contributed by atoms with van der Waals surface area (Å²) in [6, 6.07) is 6.56. The molecule has 1 N–H and O–H groups in total. The number of pyridine rings is 1. The van der Waals surface area contributed by atoms with E-state index < -0.39 is 0 Å². The highest BCUT2D eigenvalue weighted by Crippen LogP contribution is 2.14. The molecule has 2 nitrogen and oxygen atoms in total. The first-order chi connectivity index (χ1) is 6.09. The number of rotatable bonds is 3. The van der Waals surface area contributed by atoms with Gasteiger partial charge < -0.3 is 5.32 Å². The molecule has 0 bridgehead atoms. The van der Waals surface area contributed by atoms with Gasteiger partial charge in [0.25, 0.3) is 0 Å². The first kappa shape index (κ1) is 10.0. The van der Waals surface area contributed by atoms with Crippen molar-refractivity contribution in [1.29, 1.82) is 0 Å². The molecule has 0 aliphatic heterocycles. The molecule has 1 aromatic rings. The number of nitrogens with zero attached hydrogens (tertiary/aromatic N) is 1. The van der Waals surface area contributed by atoms with E-state index in [-0.39, 0.29) is 0 Å². The fraction of sp³-hybridized carbons (Fsp3) is 0.545. The molecule has 0 atom stereocenters. The first-order valence-electron chi connectivity index (χ1n) is 4.83. The fourth-order valence-corrected chi connectivity index (χ4v) is 1.15. The van der Waals surface area contributed by atoms with Gasteiger partial charge >= 0.3 is 0 Å². The lowest BCUT2D eigenvalue weighted by molar-refractivity contribution is 0.814. The van der Waals surface area contributed by atoms with E-state index in [1.165, 1.54) is 0 Å². The van der Waals surface area contributed by atoms with Crippen LogP contribution in [-0.4, -0.2) is 11.0 Å². The lowest BCUT2D eigenvalue weighted by Crippen LogP contribution is -2.11. The van der Waals surface area contributed by atoms with Crippen LogP contribution in [0.15, 0.2) is 18.2 Å². The van der Waals surface area contributed by atoms with Crippen LogP contribution in [-0.2, 0) is 0 Å². The molecule has 0 spiro atoms. The zero-order chi connectivity index (χ0) is 9.84. The summed E-state index contributed by atoms with van der Waals surface area (Å²) < 4.78 is 0. The van der Waals surface area contributed by atoms with Gasteiger partial charge in [-0.05, 0) is 31.9 Å². The van der Waals surface area contributed by atoms with Crippen LogP contribution < -0.4 is 5.32 Å². The number of nitrogens with one attached hydrogen (secondary N) is 1. The monoisotopic (exact) mass is 178 g/mol. The molecule has 1 heterocycles. The minimum Gasteiger partial charge on any atom is -0.368 e. The summed E-state index contributed by atoms with van der Waals surface area (Å²) in [6.07, 6.45) is 0. The minimum atomic E-state index is 0.440. The molecule has 0 radical (unpaired) electrons. The Labute approximate surface area is 80.4 Å². The number of aromatic nitrogens is 1. The van der Waals surface area contributed by atoms with Gasteiger partial charge in [0, 0.05) is 11.7 Å². The molecule has 2 heteroatoms. The molecular formula is C11H18N2. The molecular weight excluding hydrogens is 160 g/mol. The summed E-state index contributed by atoms with van der Waals surface area (Å²) >= 11 is 0. The molecule has 13 heavy (non-hydrogen) atoms. The Balaban J connectivity index is 2.79. The molecule has 0 saturated carbocycles. The first-order valence-corrected chi connectivity index (χ1v) is 4.83. The summed E-state index contributed by atoms with van der Waals surface area (Å²) in [6.45, 7) is 8.54. The summed E-state index contributed by atoms with van der Waals surface area (Å²) in [4.78, 5) is 4.50. The second kappa shape index (κ2) is 4.26. The Morgan fingerprint density at radius 1 is 1.15 bits per heavy atom. The summed E-state index contributed by atoms with van der Waals surface area (Å²) in [5, 5.41) is 3.29. The van der Waals surface area contributed by atoms with Crippen LogP contribution in [0.1, 0.15) is 39.3 Å². The molecule has 0 fully saturated rings. The van der Waals surface area contributed by atoms with Gasteiger partial charge in [-0.3, -0.25) is 0 Å². The Kier molecular flexibility index (Phi) is 3.29. The maximum atomic E-state index is 4.50. The second-order valence-electron chi connectivity index (χ2n) is 3.90. The third kappa shape index (κ3) is 3.05. The normalized spacial score (nSPS) is 10.9. The molecule has 72 valence electrons. The molecule has 1 rings (SSSR count). The third-order valence-electron chi connectivity index (χ3n) is 1.80. The van der Waals surface area contributed by atoms with E-state index in [4.69, 9.17) is 0 Å². The Hall–Kier alpha value is -1.05. The van der Waals surface area contributed by atoms with Crippen LogP contribution in [0, 0.1) is 0 Å². The maximum Gasteiger partial charge on any atom is 0.126 e. The van der Waals surface area contributed by atoms with E-state index >= 15 is 0 Å². The van der Waals surface area contributed by atoms with Crippen molar-refractivity contribution < 1.29 is 0 Å². The van der Waals surface area contributed by atoms with Crippen LogP contribution in [0.4, 0.5) is 5.82 Å². The van der Waals surface area contributed by atoms with Crippen molar-refractivity contribution >= 4 is 5.82 Å². The summed E-state index contributed by atoms with van der Waals surface area (Å²) in [5.41, 5.74) is 1.14. The van der Waals surface area contributed by atoms with Gasteiger partial charge in [-0.25, -0.2) is 4.98 Å². The van der Waals surface area contributed by atoms with Gasteiger partial charge in [0.05, 0.1) is 0 Å². The van der Waals surface area contributed by atoms with Crippen LogP contribution in [0.2, 0.25) is 0 Å². The average molecular weight is 178 g/mol. The Bertz CT molecular complexity index is 267. The summed E-state index contributed by atoms with van der Waals surface area (Å²) in [5.74, 6) is 1.47. The van der Waals surface area contributed by atoms with E-state index in [2.05, 4.69) is 44.1 Å². The van der Waals surface area contributed by atoms with Crippen LogP contribution in [0.5, 0.6) is 0 Å². The van der Waals surface area contributed by atoms with Crippen LogP contribution in [0.3, 0.4) is 0 Å². The van der Waals surface area contributed by atoms with Gasteiger partial charge in [0.15, 0.2) is 0 Å². The van der Waals surface area contributed by atoms with E-state index in [1.807, 2.05) is 12.1 Å². The lowest BCUT2D eigenvalue weighted by Gasteiger charge is -2.11. The number of hydrogen-bond acceptors (Lipinski definition) is 2. The quantitative estimate of drug-likeness (QED) is 0.769. The van der Waals surface area contributed by atoms with Gasteiger partial charge in [0.1, 0.15) is 5.82 Å². The number of hydrogen-bond donors (Lipinski definition) is 1. The predicted octanol–water partition coefficient (Wildman–Crippen LogP) is 3.03. The van der Waals surface area contributed by atoms with Crippen molar-refractivity contribution in [3.8, 4) is 0 Å². The van der Waals surface area contributed by atoms with Crippen LogP contribution >= 0.6 is 0 Å². The highest BCUT2D eigenvalue weighted by Gasteiger charge is 2.02. The van der Waals surface area contributed by atoms with E-state index in [0.717, 1.165) is 11.5 Å². The smallest absolute Gasteiger partial charge is 0.126 e. The zero-order valence-corrected chi connectivity index (χ0v) is 8.83. The molecule has 0 aliphatic rings. The van der Waals surface area contributed by atoms with E-state index in [0.29, 0.717) is 12.0 Å². The predicted molar refractivity (Wildman–Crippen MR) is 57.1 cm³/mol. The molecule has 0 aliphatic carbocycles. The molecule has 0 amide bonds. The maximum absolute atomic E-state index is 4.50. The minimum absolute atomic E-state index is 0.440. The standard InChI is InChI=1S/C11H18N2/c1-8(2)10-6-5-7-11(13-10)12-9(3)4/h5-9H,1-4H3,(H,12,13). The largest absolute Gasteiger partial charge is 0.368 e. The topological polar surface area (TPSA) is 24.9 Å². The highest BCUT2D eigenvalue weighted by molar-refractivity contribution is 5.36. The van der Waals surface area contributed by atoms with Crippen molar-refractivity contribution in [2.75, 3.05) is 5.32 Å².